The lowest BCUT2D eigenvalue weighted by molar-refractivity contribution is -0.271. The van der Waals surface area contributed by atoms with E-state index in [9.17, 15) is 103 Å². The van der Waals surface area contributed by atoms with Gasteiger partial charge < -0.3 is 137 Å². The van der Waals surface area contributed by atoms with Gasteiger partial charge in [-0.1, -0.05) is 65.8 Å². The molecule has 3 aromatic rings. The molecule has 2 aromatic carbocycles. The molecule has 0 unspecified atom stereocenters. The Balaban J connectivity index is 1.55. The van der Waals surface area contributed by atoms with Crippen LogP contribution in [-0.2, 0) is 101 Å². The van der Waals surface area contributed by atoms with Gasteiger partial charge in [-0.3, -0.25) is 76.9 Å². The number of aliphatic imine (C=N–C) groups is 1. The number of aromatic nitrogens is 2. The predicted molar refractivity (Wildman–Crippen MR) is 420 cm³/mol. The number of phenolic OH excluding ortho intramolecular Hbond substituents is 2. The number of hydrogen-bond acceptors (Lipinski definition) is 26. The molecule has 43 nitrogen and oxygen atoms in total. The van der Waals surface area contributed by atoms with Crippen LogP contribution < -0.4 is 91.6 Å². The average molecular weight is 1670 g/mol. The third kappa shape index (κ3) is 34.2. The standard InChI is InChI=1S/C73H112N20O23S/c1-34(2)21-46(83-38(8)96)66(109)88-49(24-41-14-18-44(99)19-15-41)69(112)86-45(11-10-20-78-73(75)76)65(108)82-37(7)62(105)87-50(25-42-26-77-33-81-42)63(106)79-28-56(101)93-57(36(5)6)71(114)89-47(22-35(3)4)67(110)91-52(31-115-72-58(84-39(9)97)60(103)59(102)54(30-95)116-72)70(113)92-53(32-117)64(107)80-27-55(100)85-48(23-40-12-16-43(98)17-13-40)68(111)90-51(29-94)61(74)104/h12-19,26,33-37,45-54,57-60,72,94-95,98-99,102-103,117H,10-11,20-25,27-32H2,1-9H3,(H2,74,104)(H,77,81)(H,79,106)(H,80,107)(H,82,108)(H,83,96)(H,84,97)(H,85,100)(H,86,112)(H,87,105)(H,88,109)(H,89,114)(H,90,111)(H,91,110)(H,92,113)(H,93,101)(H4,75,76,78)/t37-,45-,46-,47-,48-,49-,50-,51-,52-,53-,54+,57-,58+,59+,60+,72+/m0/s1. The highest BCUT2D eigenvalue weighted by Crippen LogP contribution is 2.23. The Hall–Kier alpha value is -11.3. The maximum absolute atomic E-state index is 14.7. The molecule has 4 rings (SSSR count). The summed E-state index contributed by atoms with van der Waals surface area (Å²) in [5, 5.41) is 95.8. The maximum Gasteiger partial charge on any atom is 0.245 e. The molecule has 1 aromatic heterocycles. The number of carbonyl (C=O) groups excluding carboxylic acids is 15. The Morgan fingerprint density at radius 3 is 1.49 bits per heavy atom. The number of nitrogens with zero attached hydrogens (tertiary/aromatic N) is 2. The first-order chi connectivity index (χ1) is 55.1. The number of amides is 15. The van der Waals surface area contributed by atoms with Crippen LogP contribution in [-0.4, -0.2) is 277 Å². The topological polar surface area (TPSA) is 683 Å². The molecule has 44 heteroatoms. The first kappa shape index (κ1) is 98.0. The number of guanidine groups is 1. The van der Waals surface area contributed by atoms with Crippen molar-refractivity contribution in [1.82, 2.24) is 84.4 Å². The number of benzene rings is 2. The van der Waals surface area contributed by atoms with E-state index in [2.05, 4.69) is 102 Å². The summed E-state index contributed by atoms with van der Waals surface area (Å²) in [6, 6.07) is -6.84. The third-order valence-electron chi connectivity index (χ3n) is 17.8. The minimum Gasteiger partial charge on any atom is -0.508 e. The number of thiol groups is 1. The van der Waals surface area contributed by atoms with E-state index >= 15 is 0 Å². The smallest absolute Gasteiger partial charge is 0.245 e. The van der Waals surface area contributed by atoms with Gasteiger partial charge in [0, 0.05) is 57.3 Å². The zero-order valence-electron chi connectivity index (χ0n) is 66.3. The first-order valence-corrected chi connectivity index (χ1v) is 38.2. The van der Waals surface area contributed by atoms with Gasteiger partial charge in [0.05, 0.1) is 39.2 Å². The van der Waals surface area contributed by atoms with Gasteiger partial charge in [-0.15, -0.1) is 0 Å². The van der Waals surface area contributed by atoms with Gasteiger partial charge in [0.25, 0.3) is 0 Å². The lowest BCUT2D eigenvalue weighted by atomic mass is 9.97. The summed E-state index contributed by atoms with van der Waals surface area (Å²) in [5.41, 5.74) is 17.6. The summed E-state index contributed by atoms with van der Waals surface area (Å²) in [5.74, 6) is -16.2. The van der Waals surface area contributed by atoms with Crippen molar-refractivity contribution in [3.63, 3.8) is 0 Å². The number of aliphatic hydroxyl groups is 4. The fourth-order valence-corrected chi connectivity index (χ4v) is 11.9. The summed E-state index contributed by atoms with van der Waals surface area (Å²) >= 11 is 4.21. The second kappa shape index (κ2) is 48.9. The van der Waals surface area contributed by atoms with Crippen molar-refractivity contribution in [2.75, 3.05) is 45.2 Å². The van der Waals surface area contributed by atoms with Crippen molar-refractivity contribution in [1.29, 1.82) is 0 Å². The van der Waals surface area contributed by atoms with E-state index in [1.165, 1.54) is 88.8 Å². The zero-order valence-corrected chi connectivity index (χ0v) is 67.2. The molecule has 15 amide bonds. The summed E-state index contributed by atoms with van der Waals surface area (Å²) < 4.78 is 11.6. The molecule has 1 aliphatic heterocycles. The van der Waals surface area contributed by atoms with Crippen LogP contribution in [0, 0.1) is 17.8 Å². The first-order valence-electron chi connectivity index (χ1n) is 37.6. The van der Waals surface area contributed by atoms with E-state index in [0.29, 0.717) is 16.8 Å². The molecule has 27 N–H and O–H groups in total. The van der Waals surface area contributed by atoms with E-state index in [4.69, 9.17) is 26.7 Å². The molecule has 16 atom stereocenters. The molecule has 2 heterocycles. The van der Waals surface area contributed by atoms with Crippen LogP contribution in [0.2, 0.25) is 0 Å². The van der Waals surface area contributed by atoms with Crippen molar-refractivity contribution < 1.29 is 112 Å². The van der Waals surface area contributed by atoms with Gasteiger partial charge in [-0.25, -0.2) is 4.98 Å². The highest BCUT2D eigenvalue weighted by Gasteiger charge is 2.46. The SMILES string of the molecule is CC(=O)N[C@H]1[C@H](OC[C@H](NC(=O)[C@H](CC(C)C)NC(=O)[C@@H](NC(=O)CNC(=O)[C@H](Cc2cnc[nH]2)NC(=O)[C@H](C)NC(=O)[C@H](CCCN=C(N)N)NC(=O)[C@H](Cc2ccc(O)cc2)NC(=O)[C@H](CC(C)C)NC(C)=O)C(C)C)C(=O)N[C@@H](CS)C(=O)NCC(=O)N[C@@H](Cc2ccc(O)cc2)C(=O)N[C@@H](CO)C(N)=O)O[C@H](CO)[C@@H](O)[C@@H]1O. The Kier molecular flexibility index (Phi) is 41.0. The number of ether oxygens (including phenoxy) is 2. The molecule has 648 valence electrons. The van der Waals surface area contributed by atoms with E-state index < -0.39 is 236 Å². The van der Waals surface area contributed by atoms with Crippen LogP contribution in [0.25, 0.3) is 0 Å². The van der Waals surface area contributed by atoms with Crippen LogP contribution >= 0.6 is 12.6 Å². The molecule has 0 saturated carbocycles. The van der Waals surface area contributed by atoms with Gasteiger partial charge in [0.2, 0.25) is 88.6 Å². The number of aromatic amines is 1. The van der Waals surface area contributed by atoms with E-state index in [1.807, 2.05) is 13.8 Å². The minimum absolute atomic E-state index is 0.00726. The van der Waals surface area contributed by atoms with Gasteiger partial charge >= 0.3 is 0 Å². The second-order valence-electron chi connectivity index (χ2n) is 29.0. The van der Waals surface area contributed by atoms with Gasteiger partial charge in [-0.2, -0.15) is 12.6 Å². The van der Waals surface area contributed by atoms with Gasteiger partial charge in [0.15, 0.2) is 12.2 Å². The second-order valence-corrected chi connectivity index (χ2v) is 29.4. The van der Waals surface area contributed by atoms with Crippen LogP contribution in [0.15, 0.2) is 66.0 Å². The van der Waals surface area contributed by atoms with Crippen LogP contribution in [0.5, 0.6) is 11.5 Å². The number of nitrogens with one attached hydrogen (secondary N) is 15. The minimum atomic E-state index is -1.93. The average Bonchev–Trinajstić information content (AvgIpc) is 1.06. The lowest BCUT2D eigenvalue weighted by Gasteiger charge is -2.42. The number of aromatic hydroxyl groups is 2. The fraction of sp³-hybridized carbons (Fsp3) is 0.575. The Bertz CT molecular complexity index is 3870. The number of carbonyl (C=O) groups is 15. The number of imidazole rings is 1. The van der Waals surface area contributed by atoms with Crippen molar-refractivity contribution >= 4 is 107 Å². The normalized spacial score (nSPS) is 17.9. The summed E-state index contributed by atoms with van der Waals surface area (Å²) in [7, 11) is 0. The predicted octanol–water partition coefficient (Wildman–Crippen LogP) is -8.38. The Morgan fingerprint density at radius 1 is 0.538 bits per heavy atom. The van der Waals surface area contributed by atoms with E-state index in [0.717, 1.165) is 6.92 Å². The summed E-state index contributed by atoms with van der Waals surface area (Å²) in [4.78, 5) is 216. The molecule has 1 aliphatic rings. The van der Waals surface area contributed by atoms with Crippen LogP contribution in [0.3, 0.4) is 0 Å². The monoisotopic (exact) mass is 1670 g/mol. The number of rotatable bonds is 48. The molecular weight excluding hydrogens is 1560 g/mol. The van der Waals surface area contributed by atoms with Gasteiger partial charge in [-0.05, 0) is 85.8 Å². The van der Waals surface area contributed by atoms with Crippen molar-refractivity contribution in [3.05, 3.63) is 77.9 Å². The van der Waals surface area contributed by atoms with E-state index in [1.54, 1.807) is 13.8 Å². The molecule has 0 aliphatic carbocycles. The highest BCUT2D eigenvalue weighted by molar-refractivity contribution is 7.80. The number of phenols is 2. The summed E-state index contributed by atoms with van der Waals surface area (Å²) in [6.07, 6.45) is -4.98. The molecule has 1 saturated heterocycles. The molecule has 1 fully saturated rings. The van der Waals surface area contributed by atoms with E-state index in [-0.39, 0.29) is 74.9 Å². The quantitative estimate of drug-likeness (QED) is 0.0108. The number of aliphatic hydroxyl groups excluding tert-OH is 4. The number of primary amides is 1. The van der Waals surface area contributed by atoms with Crippen LogP contribution in [0.1, 0.15) is 105 Å². The Labute approximate surface area is 679 Å². The fourth-order valence-electron chi connectivity index (χ4n) is 11.7. The number of hydrogen-bond donors (Lipinski definition) is 25. The lowest BCUT2D eigenvalue weighted by Crippen LogP contribution is -2.65. The summed E-state index contributed by atoms with van der Waals surface area (Å²) in [6.45, 7) is 9.17. The Morgan fingerprint density at radius 2 is 1.00 bits per heavy atom. The third-order valence-corrected chi connectivity index (χ3v) is 18.2. The molecule has 117 heavy (non-hydrogen) atoms. The molecule has 0 spiro atoms. The maximum atomic E-state index is 14.7. The molecular formula is C73H112N20O23S. The van der Waals surface area contributed by atoms with Crippen molar-refractivity contribution in [2.24, 2.45) is 39.9 Å². The number of H-pyrrole nitrogens is 1. The molecule has 0 bridgehead atoms. The van der Waals surface area contributed by atoms with Gasteiger partial charge in [0.1, 0.15) is 102 Å². The highest BCUT2D eigenvalue weighted by atomic mass is 32.1. The molecule has 0 radical (unpaired) electrons. The van der Waals surface area contributed by atoms with Crippen molar-refractivity contribution in [3.8, 4) is 11.5 Å². The van der Waals surface area contributed by atoms with Crippen molar-refractivity contribution in [2.45, 2.75) is 204 Å². The van der Waals surface area contributed by atoms with Crippen LogP contribution in [0.4, 0.5) is 0 Å². The largest absolute Gasteiger partial charge is 0.508 e. The number of nitrogens with two attached hydrogens (primary N) is 3. The zero-order chi connectivity index (χ0) is 87.5.